The maximum atomic E-state index is 12.8. The third-order valence-electron chi connectivity index (χ3n) is 5.13. The van der Waals surface area contributed by atoms with E-state index in [-0.39, 0.29) is 11.8 Å². The number of amides is 2. The molecule has 2 aromatic heterocycles. The zero-order valence-corrected chi connectivity index (χ0v) is 19.8. The van der Waals surface area contributed by atoms with Gasteiger partial charge in [-0.2, -0.15) is 5.10 Å². The number of nitrogens with zero attached hydrogens (tertiary/aromatic N) is 2. The van der Waals surface area contributed by atoms with Crippen LogP contribution in [0.4, 0.5) is 11.4 Å². The second-order valence-electron chi connectivity index (χ2n) is 8.18. The van der Waals surface area contributed by atoms with E-state index in [1.54, 1.807) is 43.5 Å². The Bertz CT molecular complexity index is 1310. The Morgan fingerprint density at radius 2 is 1.79 bits per heavy atom. The van der Waals surface area contributed by atoms with E-state index in [0.717, 1.165) is 22.5 Å². The molecule has 33 heavy (non-hydrogen) atoms. The van der Waals surface area contributed by atoms with Crippen molar-refractivity contribution in [3.05, 3.63) is 70.7 Å². The monoisotopic (exact) mass is 462 g/mol. The molecule has 4 aromatic rings. The average Bonchev–Trinajstić information content (AvgIpc) is 3.35. The van der Waals surface area contributed by atoms with Crippen molar-refractivity contribution < 1.29 is 14.3 Å². The number of ether oxygens (including phenoxy) is 1. The molecule has 0 aliphatic rings. The molecule has 2 heterocycles. The second-order valence-corrected chi connectivity index (χ2v) is 9.21. The van der Waals surface area contributed by atoms with Gasteiger partial charge in [-0.25, -0.2) is 0 Å². The van der Waals surface area contributed by atoms with Gasteiger partial charge in [0, 0.05) is 23.2 Å². The van der Waals surface area contributed by atoms with Crippen molar-refractivity contribution in [2.45, 2.75) is 27.3 Å². The van der Waals surface area contributed by atoms with E-state index in [0.29, 0.717) is 33.5 Å². The molecule has 2 N–H and O–H groups in total. The summed E-state index contributed by atoms with van der Waals surface area (Å²) in [6, 6.07) is 15.9. The van der Waals surface area contributed by atoms with E-state index in [1.807, 2.05) is 29.8 Å². The molecule has 0 spiro atoms. The predicted molar refractivity (Wildman–Crippen MR) is 133 cm³/mol. The SMILES string of the molecule is COc1ccccc1NC(=O)c1ccc(NC(=O)c2cc3c(C)nn(CC(C)C)c3s2)cc1. The van der Waals surface area contributed by atoms with Crippen LogP contribution in [0.5, 0.6) is 5.75 Å². The minimum Gasteiger partial charge on any atom is -0.495 e. The Hall–Kier alpha value is -3.65. The lowest BCUT2D eigenvalue weighted by molar-refractivity contribution is 0.102. The average molecular weight is 463 g/mol. The Labute approximate surface area is 196 Å². The highest BCUT2D eigenvalue weighted by Crippen LogP contribution is 2.29. The molecule has 0 radical (unpaired) electrons. The van der Waals surface area contributed by atoms with E-state index in [4.69, 9.17) is 4.74 Å². The first-order valence-corrected chi connectivity index (χ1v) is 11.5. The quantitative estimate of drug-likeness (QED) is 0.376. The third-order valence-corrected chi connectivity index (χ3v) is 6.28. The molecule has 0 fully saturated rings. The standard InChI is InChI=1S/C25H26N4O3S/c1-15(2)14-29-25-19(16(3)28-29)13-22(33-25)24(31)26-18-11-9-17(10-12-18)23(30)27-20-7-5-6-8-21(20)32-4/h5-13,15H,14H2,1-4H3,(H,26,31)(H,27,30). The van der Waals surface area contributed by atoms with Crippen LogP contribution in [0.25, 0.3) is 10.2 Å². The lowest BCUT2D eigenvalue weighted by Crippen LogP contribution is -2.13. The first kappa shape index (κ1) is 22.5. The zero-order chi connectivity index (χ0) is 23.5. The van der Waals surface area contributed by atoms with Crippen LogP contribution in [0.3, 0.4) is 0 Å². The fourth-order valence-corrected chi connectivity index (χ4v) is 4.60. The van der Waals surface area contributed by atoms with Crippen LogP contribution in [0.1, 0.15) is 39.6 Å². The Morgan fingerprint density at radius 3 is 2.48 bits per heavy atom. The molecule has 8 heteroatoms. The van der Waals surface area contributed by atoms with Crippen LogP contribution in [-0.2, 0) is 6.54 Å². The molecular weight excluding hydrogens is 436 g/mol. The number of methoxy groups -OCH3 is 1. The number of thiophene rings is 1. The van der Waals surface area contributed by atoms with E-state index in [2.05, 4.69) is 29.6 Å². The van der Waals surface area contributed by atoms with Gasteiger partial charge < -0.3 is 15.4 Å². The summed E-state index contributed by atoms with van der Waals surface area (Å²) >= 11 is 1.44. The van der Waals surface area contributed by atoms with Gasteiger partial charge in [-0.05, 0) is 55.3 Å². The molecule has 0 bridgehead atoms. The number of benzene rings is 2. The zero-order valence-electron chi connectivity index (χ0n) is 19.0. The molecule has 0 atom stereocenters. The van der Waals surface area contributed by atoms with Crippen LogP contribution in [0.2, 0.25) is 0 Å². The number of carbonyl (C=O) groups is 2. The fourth-order valence-electron chi connectivity index (χ4n) is 3.53. The highest BCUT2D eigenvalue weighted by molar-refractivity contribution is 7.20. The smallest absolute Gasteiger partial charge is 0.265 e. The predicted octanol–water partition coefficient (Wildman–Crippen LogP) is 5.58. The van der Waals surface area contributed by atoms with E-state index in [1.165, 1.54) is 11.3 Å². The molecule has 170 valence electrons. The summed E-state index contributed by atoms with van der Waals surface area (Å²) in [4.78, 5) is 27.1. The number of aryl methyl sites for hydroxylation is 1. The van der Waals surface area contributed by atoms with Crippen LogP contribution in [0, 0.1) is 12.8 Å². The largest absolute Gasteiger partial charge is 0.495 e. The lowest BCUT2D eigenvalue weighted by Gasteiger charge is -2.10. The number of nitrogens with one attached hydrogen (secondary N) is 2. The summed E-state index contributed by atoms with van der Waals surface area (Å²) in [5.41, 5.74) is 2.61. The molecule has 2 aromatic carbocycles. The molecule has 7 nitrogen and oxygen atoms in total. The molecule has 0 saturated heterocycles. The summed E-state index contributed by atoms with van der Waals surface area (Å²) in [6.07, 6.45) is 0. The second kappa shape index (κ2) is 9.46. The van der Waals surface area contributed by atoms with Crippen molar-refractivity contribution in [1.82, 2.24) is 9.78 Å². The van der Waals surface area contributed by atoms with Crippen molar-refractivity contribution in [2.24, 2.45) is 5.92 Å². The van der Waals surface area contributed by atoms with Gasteiger partial charge in [0.15, 0.2) is 0 Å². The Balaban J connectivity index is 1.45. The van der Waals surface area contributed by atoms with Crippen molar-refractivity contribution >= 4 is 44.7 Å². The summed E-state index contributed by atoms with van der Waals surface area (Å²) in [6.45, 7) is 7.06. The fraction of sp³-hybridized carbons (Fsp3) is 0.240. The van der Waals surface area contributed by atoms with Crippen LogP contribution in [-0.4, -0.2) is 28.7 Å². The van der Waals surface area contributed by atoms with Gasteiger partial charge >= 0.3 is 0 Å². The minimum atomic E-state index is -0.257. The molecule has 0 aliphatic carbocycles. The van der Waals surface area contributed by atoms with E-state index < -0.39 is 0 Å². The minimum absolute atomic E-state index is 0.182. The maximum Gasteiger partial charge on any atom is 0.265 e. The topological polar surface area (TPSA) is 85.2 Å². The summed E-state index contributed by atoms with van der Waals surface area (Å²) in [5.74, 6) is 0.611. The summed E-state index contributed by atoms with van der Waals surface area (Å²) in [5, 5.41) is 11.4. The van der Waals surface area contributed by atoms with Gasteiger partial charge in [0.2, 0.25) is 0 Å². The van der Waals surface area contributed by atoms with Crippen molar-refractivity contribution in [3.8, 4) is 5.75 Å². The Kier molecular flexibility index (Phi) is 6.46. The first-order valence-electron chi connectivity index (χ1n) is 10.7. The van der Waals surface area contributed by atoms with Gasteiger partial charge in [0.1, 0.15) is 10.6 Å². The van der Waals surface area contributed by atoms with Crippen LogP contribution >= 0.6 is 11.3 Å². The number of fused-ring (bicyclic) bond motifs is 1. The third kappa shape index (κ3) is 4.90. The number of carbonyl (C=O) groups excluding carboxylic acids is 2. The van der Waals surface area contributed by atoms with Crippen LogP contribution < -0.4 is 15.4 Å². The van der Waals surface area contributed by atoms with E-state index in [9.17, 15) is 9.59 Å². The molecular formula is C25H26N4O3S. The number of para-hydroxylation sites is 2. The highest BCUT2D eigenvalue weighted by atomic mass is 32.1. The highest BCUT2D eigenvalue weighted by Gasteiger charge is 2.17. The molecule has 0 saturated carbocycles. The molecule has 0 unspecified atom stereocenters. The Morgan fingerprint density at radius 1 is 1.06 bits per heavy atom. The van der Waals surface area contributed by atoms with Crippen molar-refractivity contribution in [3.63, 3.8) is 0 Å². The van der Waals surface area contributed by atoms with Crippen LogP contribution in [0.15, 0.2) is 54.6 Å². The maximum absolute atomic E-state index is 12.8. The summed E-state index contributed by atoms with van der Waals surface area (Å²) in [7, 11) is 1.56. The van der Waals surface area contributed by atoms with Gasteiger partial charge in [-0.15, -0.1) is 11.3 Å². The number of aromatic nitrogens is 2. The van der Waals surface area contributed by atoms with Gasteiger partial charge in [-0.1, -0.05) is 26.0 Å². The number of hydrogen-bond acceptors (Lipinski definition) is 5. The number of rotatable bonds is 7. The van der Waals surface area contributed by atoms with Gasteiger partial charge in [0.05, 0.1) is 23.4 Å². The van der Waals surface area contributed by atoms with Crippen molar-refractivity contribution in [1.29, 1.82) is 0 Å². The lowest BCUT2D eigenvalue weighted by atomic mass is 10.2. The van der Waals surface area contributed by atoms with Gasteiger partial charge in [-0.3, -0.25) is 14.3 Å². The van der Waals surface area contributed by atoms with E-state index >= 15 is 0 Å². The number of hydrogen-bond donors (Lipinski definition) is 2. The first-order chi connectivity index (χ1) is 15.9. The van der Waals surface area contributed by atoms with Crippen molar-refractivity contribution in [2.75, 3.05) is 17.7 Å². The molecule has 4 rings (SSSR count). The molecule has 2 amide bonds. The number of anilines is 2. The van der Waals surface area contributed by atoms with Gasteiger partial charge in [0.25, 0.3) is 11.8 Å². The normalized spacial score (nSPS) is 11.1. The molecule has 0 aliphatic heterocycles. The summed E-state index contributed by atoms with van der Waals surface area (Å²) < 4.78 is 7.25.